The van der Waals surface area contributed by atoms with Gasteiger partial charge in [0.2, 0.25) is 5.91 Å². The zero-order chi connectivity index (χ0) is 25.6. The van der Waals surface area contributed by atoms with E-state index in [1.807, 2.05) is 85.1 Å². The first-order valence-corrected chi connectivity index (χ1v) is 11.8. The number of ether oxygens (including phenoxy) is 2. The molecule has 1 amide bonds. The van der Waals surface area contributed by atoms with Gasteiger partial charge in [-0.05, 0) is 53.9 Å². The van der Waals surface area contributed by atoms with E-state index in [-0.39, 0.29) is 11.8 Å². The predicted octanol–water partition coefficient (Wildman–Crippen LogP) is 5.01. The molecule has 1 unspecified atom stereocenters. The number of hydrogen-bond acceptors (Lipinski definition) is 6. The van der Waals surface area contributed by atoms with Crippen LogP contribution in [0.15, 0.2) is 89.0 Å². The summed E-state index contributed by atoms with van der Waals surface area (Å²) in [6.07, 6.45) is 2.97. The number of rotatable bonds is 13. The third-order valence-electron chi connectivity index (χ3n) is 5.65. The Hall–Kier alpha value is -4.13. The van der Waals surface area contributed by atoms with Crippen LogP contribution in [0.1, 0.15) is 35.4 Å². The van der Waals surface area contributed by atoms with E-state index < -0.39 is 0 Å². The molecule has 0 spiro atoms. The Morgan fingerprint density at radius 1 is 0.944 bits per heavy atom. The standard InChI is InChI=1S/C29H33N3O4/c1-30-18-17-25(19-29(33)31-2)23-11-15-27(16-12-23)35-20-22-9-13-26(14-10-22)36-21-28(32-34-3)24-7-5-4-6-8-24/h4-16,18,25H,17,19-21H2,1-3H3,(H,31,33). The van der Waals surface area contributed by atoms with Crippen molar-refractivity contribution in [1.29, 1.82) is 0 Å². The van der Waals surface area contributed by atoms with Gasteiger partial charge in [0, 0.05) is 26.1 Å². The Morgan fingerprint density at radius 2 is 1.61 bits per heavy atom. The largest absolute Gasteiger partial charge is 0.489 e. The third-order valence-corrected chi connectivity index (χ3v) is 5.65. The lowest BCUT2D eigenvalue weighted by Gasteiger charge is -2.15. The molecule has 0 saturated heterocycles. The summed E-state index contributed by atoms with van der Waals surface area (Å²) in [5.74, 6) is 1.59. The maximum atomic E-state index is 11.9. The second-order valence-corrected chi connectivity index (χ2v) is 8.13. The lowest BCUT2D eigenvalue weighted by molar-refractivity contribution is -0.120. The fourth-order valence-electron chi connectivity index (χ4n) is 3.64. The van der Waals surface area contributed by atoms with Crippen LogP contribution in [0, 0.1) is 0 Å². The average Bonchev–Trinajstić information content (AvgIpc) is 2.93. The molecule has 7 heteroatoms. The monoisotopic (exact) mass is 487 g/mol. The highest BCUT2D eigenvalue weighted by Gasteiger charge is 2.15. The number of nitrogens with zero attached hydrogens (tertiary/aromatic N) is 2. The maximum Gasteiger partial charge on any atom is 0.220 e. The normalized spacial score (nSPS) is 12.2. The van der Waals surface area contributed by atoms with Crippen LogP contribution in [0.5, 0.6) is 11.5 Å². The molecule has 0 aliphatic rings. The van der Waals surface area contributed by atoms with Gasteiger partial charge in [0.1, 0.15) is 37.5 Å². The van der Waals surface area contributed by atoms with Crippen molar-refractivity contribution in [2.75, 3.05) is 27.8 Å². The quantitative estimate of drug-likeness (QED) is 0.272. The average molecular weight is 488 g/mol. The number of carbonyl (C=O) groups excluding carboxylic acids is 1. The van der Waals surface area contributed by atoms with E-state index in [1.54, 1.807) is 14.1 Å². The highest BCUT2D eigenvalue weighted by molar-refractivity contribution is 6.01. The number of aliphatic imine (C=N–C) groups is 1. The number of carbonyl (C=O) groups is 1. The van der Waals surface area contributed by atoms with Gasteiger partial charge in [-0.15, -0.1) is 0 Å². The predicted molar refractivity (Wildman–Crippen MR) is 143 cm³/mol. The van der Waals surface area contributed by atoms with Gasteiger partial charge >= 0.3 is 0 Å². The molecule has 0 fully saturated rings. The lowest BCUT2D eigenvalue weighted by atomic mass is 9.92. The van der Waals surface area contributed by atoms with Crippen LogP contribution in [-0.4, -0.2) is 45.6 Å². The number of oxime groups is 1. The van der Waals surface area contributed by atoms with Crippen LogP contribution in [0.3, 0.4) is 0 Å². The smallest absolute Gasteiger partial charge is 0.220 e. The van der Waals surface area contributed by atoms with E-state index in [4.69, 9.17) is 14.3 Å². The Kier molecular flexibility index (Phi) is 10.5. The van der Waals surface area contributed by atoms with Crippen molar-refractivity contribution >= 4 is 17.8 Å². The van der Waals surface area contributed by atoms with E-state index >= 15 is 0 Å². The summed E-state index contributed by atoms with van der Waals surface area (Å²) in [7, 11) is 4.92. The van der Waals surface area contributed by atoms with Crippen molar-refractivity contribution < 1.29 is 19.1 Å². The molecule has 1 atom stereocenters. The molecule has 7 nitrogen and oxygen atoms in total. The van der Waals surface area contributed by atoms with Crippen molar-refractivity contribution in [2.45, 2.75) is 25.4 Å². The van der Waals surface area contributed by atoms with Gasteiger partial charge in [0.05, 0.1) is 0 Å². The van der Waals surface area contributed by atoms with Crippen LogP contribution in [-0.2, 0) is 16.2 Å². The van der Waals surface area contributed by atoms with E-state index in [9.17, 15) is 4.79 Å². The molecule has 36 heavy (non-hydrogen) atoms. The number of hydrogen-bond donors (Lipinski definition) is 1. The summed E-state index contributed by atoms with van der Waals surface area (Å²) in [5.41, 5.74) is 3.78. The third kappa shape index (κ3) is 8.27. The number of benzene rings is 3. The molecular weight excluding hydrogens is 454 g/mol. The molecular formula is C29H33N3O4. The molecule has 0 saturated carbocycles. The summed E-state index contributed by atoms with van der Waals surface area (Å²) in [6.45, 7) is 0.731. The van der Waals surface area contributed by atoms with Gasteiger partial charge < -0.3 is 24.6 Å². The van der Waals surface area contributed by atoms with Crippen molar-refractivity contribution in [2.24, 2.45) is 10.1 Å². The van der Waals surface area contributed by atoms with Gasteiger partial charge in [0.25, 0.3) is 0 Å². The summed E-state index contributed by atoms with van der Waals surface area (Å²) in [6, 6.07) is 25.5. The van der Waals surface area contributed by atoms with Crippen LogP contribution >= 0.6 is 0 Å². The molecule has 0 bridgehead atoms. The Labute approximate surface area is 212 Å². The van der Waals surface area contributed by atoms with Gasteiger partial charge in [0.15, 0.2) is 0 Å². The van der Waals surface area contributed by atoms with Crippen molar-refractivity contribution in [1.82, 2.24) is 5.32 Å². The second-order valence-electron chi connectivity index (χ2n) is 8.13. The SMILES string of the molecule is CN=CCC(CC(=O)NC)c1ccc(OCc2ccc(OCC(=NOC)c3ccccc3)cc2)cc1. The summed E-state index contributed by atoms with van der Waals surface area (Å²) >= 11 is 0. The van der Waals surface area contributed by atoms with Gasteiger partial charge in [-0.3, -0.25) is 4.79 Å². The lowest BCUT2D eigenvalue weighted by Crippen LogP contribution is -2.20. The van der Waals surface area contributed by atoms with Crippen LogP contribution in [0.4, 0.5) is 0 Å². The molecule has 0 radical (unpaired) electrons. The van der Waals surface area contributed by atoms with Crippen molar-refractivity contribution in [3.63, 3.8) is 0 Å². The number of nitrogens with one attached hydrogen (secondary N) is 1. The van der Waals surface area contributed by atoms with E-state index in [2.05, 4.69) is 15.5 Å². The second kappa shape index (κ2) is 14.3. The first kappa shape index (κ1) is 26.5. The molecule has 0 aliphatic heterocycles. The Balaban J connectivity index is 1.53. The zero-order valence-corrected chi connectivity index (χ0v) is 21.0. The molecule has 0 aliphatic carbocycles. The van der Waals surface area contributed by atoms with Crippen molar-refractivity contribution in [3.05, 3.63) is 95.6 Å². The van der Waals surface area contributed by atoms with Gasteiger partial charge in [-0.25, -0.2) is 0 Å². The molecule has 1 N–H and O–H groups in total. The molecule has 3 aromatic rings. The van der Waals surface area contributed by atoms with Crippen LogP contribution < -0.4 is 14.8 Å². The Bertz CT molecular complexity index is 1130. The summed E-state index contributed by atoms with van der Waals surface area (Å²) < 4.78 is 11.9. The van der Waals surface area contributed by atoms with Crippen molar-refractivity contribution in [3.8, 4) is 11.5 Å². The van der Waals surface area contributed by atoms with Gasteiger partial charge in [-0.2, -0.15) is 0 Å². The highest BCUT2D eigenvalue weighted by Crippen LogP contribution is 2.25. The molecule has 3 rings (SSSR count). The fraction of sp³-hybridized carbons (Fsp3) is 0.276. The minimum absolute atomic E-state index is 0.0135. The Morgan fingerprint density at radius 3 is 2.25 bits per heavy atom. The van der Waals surface area contributed by atoms with E-state index in [1.165, 1.54) is 7.11 Å². The first-order valence-electron chi connectivity index (χ1n) is 11.8. The zero-order valence-electron chi connectivity index (χ0n) is 21.0. The van der Waals surface area contributed by atoms with E-state index in [0.29, 0.717) is 31.8 Å². The molecule has 0 heterocycles. The van der Waals surface area contributed by atoms with E-state index in [0.717, 1.165) is 28.2 Å². The first-order chi connectivity index (χ1) is 17.6. The maximum absolute atomic E-state index is 11.9. The fourth-order valence-corrected chi connectivity index (χ4v) is 3.64. The minimum Gasteiger partial charge on any atom is -0.489 e. The molecule has 3 aromatic carbocycles. The highest BCUT2D eigenvalue weighted by atomic mass is 16.6. The van der Waals surface area contributed by atoms with Crippen LogP contribution in [0.25, 0.3) is 0 Å². The summed E-state index contributed by atoms with van der Waals surface area (Å²) in [5, 5.41) is 6.78. The topological polar surface area (TPSA) is 81.5 Å². The molecule has 188 valence electrons. The minimum atomic E-state index is 0.0135. The van der Waals surface area contributed by atoms with Gasteiger partial charge in [-0.1, -0.05) is 59.8 Å². The summed E-state index contributed by atoms with van der Waals surface area (Å²) in [4.78, 5) is 20.9. The molecule has 0 aromatic heterocycles. The van der Waals surface area contributed by atoms with Crippen LogP contribution in [0.2, 0.25) is 0 Å². The number of amides is 1.